The summed E-state index contributed by atoms with van der Waals surface area (Å²) >= 11 is 0. The first-order valence-corrected chi connectivity index (χ1v) is 12.8. The van der Waals surface area contributed by atoms with Gasteiger partial charge in [-0.15, -0.1) is 0 Å². The van der Waals surface area contributed by atoms with Crippen LogP contribution < -0.4 is 20.3 Å². The van der Waals surface area contributed by atoms with E-state index in [-0.39, 0.29) is 5.91 Å². The van der Waals surface area contributed by atoms with Gasteiger partial charge >= 0.3 is 0 Å². The summed E-state index contributed by atoms with van der Waals surface area (Å²) in [6, 6.07) is 23.0. The molecule has 2 N–H and O–H groups in total. The van der Waals surface area contributed by atoms with E-state index in [4.69, 9.17) is 9.47 Å². The van der Waals surface area contributed by atoms with Crippen LogP contribution in [0.25, 0.3) is 16.9 Å². The maximum absolute atomic E-state index is 12.7. The first-order valence-electron chi connectivity index (χ1n) is 12.8. The maximum atomic E-state index is 12.7. The molecule has 9 nitrogen and oxygen atoms in total. The van der Waals surface area contributed by atoms with E-state index in [0.29, 0.717) is 22.7 Å². The predicted molar refractivity (Wildman–Crippen MR) is 152 cm³/mol. The van der Waals surface area contributed by atoms with Crippen LogP contribution in [0.2, 0.25) is 0 Å². The van der Waals surface area contributed by atoms with Crippen LogP contribution in [0.3, 0.4) is 0 Å². The van der Waals surface area contributed by atoms with E-state index in [0.717, 1.165) is 49.0 Å². The SMILES string of the molecule is COc1ccc(NC(=O)c2ccc(-c3cnc(Nc4ccc(N5CCOCC5)cc4)c4nccn34)cc2)cc1. The normalized spacial score (nSPS) is 13.3. The second kappa shape index (κ2) is 10.8. The number of aromatic nitrogens is 3. The second-order valence-corrected chi connectivity index (χ2v) is 9.14. The molecule has 0 spiro atoms. The molecule has 1 aliphatic heterocycles. The number of nitrogens with one attached hydrogen (secondary N) is 2. The average molecular weight is 521 g/mol. The molecule has 0 unspecified atom stereocenters. The Morgan fingerprint density at radius 1 is 0.897 bits per heavy atom. The van der Waals surface area contributed by atoms with Crippen molar-refractivity contribution in [3.05, 3.63) is 97.0 Å². The summed E-state index contributed by atoms with van der Waals surface area (Å²) in [5.41, 5.74) is 5.89. The van der Waals surface area contributed by atoms with Crippen molar-refractivity contribution in [1.82, 2.24) is 14.4 Å². The summed E-state index contributed by atoms with van der Waals surface area (Å²) < 4.78 is 12.6. The molecule has 2 aromatic heterocycles. The van der Waals surface area contributed by atoms with Crippen LogP contribution in [-0.2, 0) is 4.74 Å². The topological polar surface area (TPSA) is 93.0 Å². The number of imidazole rings is 1. The van der Waals surface area contributed by atoms with Gasteiger partial charge in [-0.3, -0.25) is 9.20 Å². The van der Waals surface area contributed by atoms with E-state index in [1.807, 2.05) is 28.9 Å². The molecular weight excluding hydrogens is 492 g/mol. The Labute approximate surface area is 226 Å². The van der Waals surface area contributed by atoms with Crippen molar-refractivity contribution < 1.29 is 14.3 Å². The van der Waals surface area contributed by atoms with Gasteiger partial charge in [0.05, 0.1) is 32.2 Å². The van der Waals surface area contributed by atoms with Crippen LogP contribution in [0.15, 0.2) is 91.4 Å². The fraction of sp³-hybridized carbons (Fsp3) is 0.167. The predicted octanol–water partition coefficient (Wildman–Crippen LogP) is 5.24. The van der Waals surface area contributed by atoms with Gasteiger partial charge in [0, 0.05) is 53.7 Å². The summed E-state index contributed by atoms with van der Waals surface area (Å²) in [4.78, 5) is 24.3. The van der Waals surface area contributed by atoms with Crippen molar-refractivity contribution in [3.8, 4) is 17.0 Å². The summed E-state index contributed by atoms with van der Waals surface area (Å²) in [7, 11) is 1.61. The molecule has 0 aliphatic carbocycles. The van der Waals surface area contributed by atoms with Crippen LogP contribution in [0.1, 0.15) is 10.4 Å². The number of ether oxygens (including phenoxy) is 2. The maximum Gasteiger partial charge on any atom is 0.255 e. The van der Waals surface area contributed by atoms with E-state index in [2.05, 4.69) is 49.8 Å². The quantitative estimate of drug-likeness (QED) is 0.303. The number of anilines is 4. The van der Waals surface area contributed by atoms with E-state index >= 15 is 0 Å². The van der Waals surface area contributed by atoms with Gasteiger partial charge in [0.1, 0.15) is 5.75 Å². The number of hydrogen-bond donors (Lipinski definition) is 2. The number of carbonyl (C=O) groups is 1. The first-order chi connectivity index (χ1) is 19.2. The van der Waals surface area contributed by atoms with Crippen molar-refractivity contribution in [1.29, 1.82) is 0 Å². The number of fused-ring (bicyclic) bond motifs is 1. The average Bonchev–Trinajstić information content (AvgIpc) is 3.49. The van der Waals surface area contributed by atoms with Gasteiger partial charge < -0.3 is 25.0 Å². The number of rotatable bonds is 7. The van der Waals surface area contributed by atoms with Crippen molar-refractivity contribution in [2.24, 2.45) is 0 Å². The van der Waals surface area contributed by atoms with Crippen molar-refractivity contribution >= 4 is 34.4 Å². The molecule has 0 radical (unpaired) electrons. The Morgan fingerprint density at radius 2 is 1.62 bits per heavy atom. The van der Waals surface area contributed by atoms with Crippen LogP contribution in [0.5, 0.6) is 5.75 Å². The number of hydrogen-bond acceptors (Lipinski definition) is 7. The highest BCUT2D eigenvalue weighted by Gasteiger charge is 2.14. The molecule has 5 aromatic rings. The van der Waals surface area contributed by atoms with E-state index in [1.165, 1.54) is 5.69 Å². The zero-order valence-electron chi connectivity index (χ0n) is 21.5. The van der Waals surface area contributed by atoms with Gasteiger partial charge in [0.25, 0.3) is 5.91 Å². The summed E-state index contributed by atoms with van der Waals surface area (Å²) in [5.74, 6) is 1.22. The monoisotopic (exact) mass is 520 g/mol. The smallest absolute Gasteiger partial charge is 0.255 e. The number of methoxy groups -OCH3 is 1. The number of carbonyl (C=O) groups excluding carboxylic acids is 1. The molecule has 1 fully saturated rings. The Hall–Kier alpha value is -4.89. The Balaban J connectivity index is 1.18. The molecule has 0 bridgehead atoms. The lowest BCUT2D eigenvalue weighted by atomic mass is 10.1. The number of amides is 1. The van der Waals surface area contributed by atoms with Crippen LogP contribution in [0.4, 0.5) is 22.9 Å². The minimum atomic E-state index is -0.184. The summed E-state index contributed by atoms with van der Waals surface area (Å²) in [6.45, 7) is 3.32. The molecule has 1 saturated heterocycles. The third-order valence-electron chi connectivity index (χ3n) is 6.73. The van der Waals surface area contributed by atoms with Gasteiger partial charge in [-0.1, -0.05) is 12.1 Å². The van der Waals surface area contributed by atoms with Crippen LogP contribution >= 0.6 is 0 Å². The summed E-state index contributed by atoms with van der Waals surface area (Å²) in [6.07, 6.45) is 5.47. The third kappa shape index (κ3) is 5.25. The fourth-order valence-electron chi connectivity index (χ4n) is 4.60. The Kier molecular flexibility index (Phi) is 6.80. The number of morpholine rings is 1. The van der Waals surface area contributed by atoms with E-state index in [1.54, 1.807) is 49.7 Å². The molecule has 0 saturated carbocycles. The fourth-order valence-corrected chi connectivity index (χ4v) is 4.60. The first kappa shape index (κ1) is 24.4. The highest BCUT2D eigenvalue weighted by atomic mass is 16.5. The van der Waals surface area contributed by atoms with Gasteiger partial charge in [-0.25, -0.2) is 9.97 Å². The second-order valence-electron chi connectivity index (χ2n) is 9.14. The van der Waals surface area contributed by atoms with Crippen molar-refractivity contribution in [2.75, 3.05) is 48.9 Å². The van der Waals surface area contributed by atoms with E-state index in [9.17, 15) is 4.79 Å². The number of benzene rings is 3. The minimum Gasteiger partial charge on any atom is -0.497 e. The molecular formula is C30H28N6O3. The lowest BCUT2D eigenvalue weighted by Gasteiger charge is -2.28. The Morgan fingerprint density at radius 3 is 2.33 bits per heavy atom. The molecule has 0 atom stereocenters. The molecule has 9 heteroatoms. The standard InChI is InChI=1S/C30H28N6O3/c1-38-26-12-8-24(9-13-26)34-30(37)22-4-2-21(3-5-22)27-20-32-28(29-31-14-15-36(27)29)33-23-6-10-25(11-7-23)35-16-18-39-19-17-35/h2-15,20H,16-19H2,1H3,(H,32,33)(H,34,37). The molecule has 39 heavy (non-hydrogen) atoms. The lowest BCUT2D eigenvalue weighted by molar-refractivity contribution is 0.102. The molecule has 1 amide bonds. The molecule has 196 valence electrons. The third-order valence-corrected chi connectivity index (χ3v) is 6.73. The number of nitrogens with zero attached hydrogens (tertiary/aromatic N) is 4. The molecule has 3 heterocycles. The Bertz CT molecular complexity index is 1570. The van der Waals surface area contributed by atoms with Crippen molar-refractivity contribution in [2.45, 2.75) is 0 Å². The highest BCUT2D eigenvalue weighted by Crippen LogP contribution is 2.27. The van der Waals surface area contributed by atoms with Crippen LogP contribution in [-0.4, -0.2) is 53.7 Å². The molecule has 6 rings (SSSR count). The molecule has 1 aliphatic rings. The van der Waals surface area contributed by atoms with Gasteiger partial charge in [0.15, 0.2) is 11.5 Å². The molecule has 3 aromatic carbocycles. The van der Waals surface area contributed by atoms with Gasteiger partial charge in [-0.2, -0.15) is 0 Å². The zero-order chi connectivity index (χ0) is 26.6. The lowest BCUT2D eigenvalue weighted by Crippen LogP contribution is -2.36. The van der Waals surface area contributed by atoms with Gasteiger partial charge in [-0.05, 0) is 60.7 Å². The van der Waals surface area contributed by atoms with Gasteiger partial charge in [0.2, 0.25) is 0 Å². The van der Waals surface area contributed by atoms with Crippen molar-refractivity contribution in [3.63, 3.8) is 0 Å². The minimum absolute atomic E-state index is 0.184. The van der Waals surface area contributed by atoms with E-state index < -0.39 is 0 Å². The largest absolute Gasteiger partial charge is 0.497 e. The van der Waals surface area contributed by atoms with Crippen LogP contribution in [0, 0.1) is 0 Å². The zero-order valence-corrected chi connectivity index (χ0v) is 21.5. The highest BCUT2D eigenvalue weighted by molar-refractivity contribution is 6.04. The summed E-state index contributed by atoms with van der Waals surface area (Å²) in [5, 5.41) is 6.31.